The zero-order valence-corrected chi connectivity index (χ0v) is 30.9. The van der Waals surface area contributed by atoms with Crippen molar-refractivity contribution in [1.82, 2.24) is 9.80 Å². The van der Waals surface area contributed by atoms with Crippen LogP contribution < -0.4 is 20.9 Å². The number of benzene rings is 6. The predicted octanol–water partition coefficient (Wildman–Crippen LogP) is 6.69. The van der Waals surface area contributed by atoms with Gasteiger partial charge in [0.1, 0.15) is 11.5 Å². The summed E-state index contributed by atoms with van der Waals surface area (Å²) in [6, 6.07) is 46.4. The van der Waals surface area contributed by atoms with Crippen molar-refractivity contribution in [3.05, 3.63) is 202 Å². The third kappa shape index (κ3) is 6.61. The maximum absolute atomic E-state index is 13.4. The number of nitrogens with zero attached hydrogens (tertiary/aromatic N) is 2. The van der Waals surface area contributed by atoms with Gasteiger partial charge in [-0.05, 0) is 47.5 Å². The Hall–Kier alpha value is -6.88. The largest absolute Gasteiger partial charge is 0.497 e. The molecule has 0 saturated carbocycles. The smallest absolute Gasteiger partial charge is 0.256 e. The van der Waals surface area contributed by atoms with Crippen LogP contribution in [0.25, 0.3) is 0 Å². The Kier molecular flexibility index (Phi) is 10.3. The van der Waals surface area contributed by atoms with E-state index in [1.165, 1.54) is 9.80 Å². The quantitative estimate of drug-likeness (QED) is 0.175. The van der Waals surface area contributed by atoms with E-state index in [4.69, 9.17) is 20.9 Å². The summed E-state index contributed by atoms with van der Waals surface area (Å²) in [5, 5.41) is 0. The van der Waals surface area contributed by atoms with E-state index in [0.29, 0.717) is 33.4 Å². The van der Waals surface area contributed by atoms with Crippen molar-refractivity contribution in [3.8, 4) is 11.5 Å². The van der Waals surface area contributed by atoms with Crippen molar-refractivity contribution < 1.29 is 28.7 Å². The van der Waals surface area contributed by atoms with E-state index in [1.807, 2.05) is 84.9 Å². The molecule has 2 heterocycles. The average molecular weight is 745 g/mol. The molecular formula is C46H40N4O6. The molecule has 0 unspecified atom stereocenters. The van der Waals surface area contributed by atoms with Crippen LogP contribution >= 0.6 is 0 Å². The lowest BCUT2D eigenvalue weighted by molar-refractivity contribution is 0.0340. The van der Waals surface area contributed by atoms with Crippen LogP contribution in [-0.4, -0.2) is 47.4 Å². The number of rotatable bonds is 8. The highest BCUT2D eigenvalue weighted by atomic mass is 16.5. The van der Waals surface area contributed by atoms with E-state index < -0.39 is 11.3 Å². The molecule has 0 saturated heterocycles. The maximum Gasteiger partial charge on any atom is 0.256 e. The monoisotopic (exact) mass is 744 g/mol. The Morgan fingerprint density at radius 3 is 1.05 bits per heavy atom. The van der Waals surface area contributed by atoms with E-state index in [0.717, 1.165) is 22.6 Å². The van der Waals surface area contributed by atoms with Crippen LogP contribution in [0, 0.1) is 0 Å². The van der Waals surface area contributed by atoms with E-state index in [2.05, 4.69) is 0 Å². The van der Waals surface area contributed by atoms with Gasteiger partial charge in [-0.15, -0.1) is 0 Å². The van der Waals surface area contributed by atoms with Crippen LogP contribution in [0.15, 0.2) is 158 Å². The van der Waals surface area contributed by atoms with Gasteiger partial charge in [-0.25, -0.2) is 0 Å². The number of hydrogen-bond acceptors (Lipinski definition) is 8. The third-order valence-electron chi connectivity index (χ3n) is 10.3. The maximum atomic E-state index is 13.4. The molecule has 6 aromatic carbocycles. The van der Waals surface area contributed by atoms with Crippen LogP contribution in [0.2, 0.25) is 0 Å². The van der Waals surface area contributed by atoms with Gasteiger partial charge in [-0.2, -0.15) is 0 Å². The number of carbonyl (C=O) groups is 4. The van der Waals surface area contributed by atoms with Gasteiger partial charge in [0.05, 0.1) is 25.3 Å². The number of ether oxygens (including phenoxy) is 2. The second-order valence-electron chi connectivity index (χ2n) is 13.5. The zero-order valence-electron chi connectivity index (χ0n) is 30.9. The normalized spacial score (nSPS) is 18.7. The number of Topliss-reactive ketones (excluding diaryl/α,β-unsaturated/α-hetero) is 2. The molecule has 0 radical (unpaired) electrons. The fourth-order valence-electron chi connectivity index (χ4n) is 7.18. The van der Waals surface area contributed by atoms with E-state index in [-0.39, 0.29) is 36.5 Å². The summed E-state index contributed by atoms with van der Waals surface area (Å²) in [4.78, 5) is 56.5. The highest BCUT2D eigenvalue weighted by Crippen LogP contribution is 2.38. The van der Waals surface area contributed by atoms with Gasteiger partial charge < -0.3 is 19.3 Å². The molecule has 2 aliphatic rings. The van der Waals surface area contributed by atoms with Gasteiger partial charge in [-0.1, -0.05) is 121 Å². The van der Waals surface area contributed by atoms with Crippen LogP contribution in [-0.2, 0) is 24.4 Å². The molecule has 8 rings (SSSR count). The molecule has 56 heavy (non-hydrogen) atoms. The second-order valence-corrected chi connectivity index (χ2v) is 13.5. The summed E-state index contributed by atoms with van der Waals surface area (Å²) >= 11 is 0. The first-order chi connectivity index (χ1) is 27.1. The van der Waals surface area contributed by atoms with Crippen molar-refractivity contribution in [2.24, 2.45) is 11.5 Å². The molecule has 0 bridgehead atoms. The Bertz CT molecular complexity index is 2230. The zero-order chi connectivity index (χ0) is 39.5. The summed E-state index contributed by atoms with van der Waals surface area (Å²) in [6.45, 7) is 0.405. The molecule has 0 fully saturated rings. The molecule has 0 aromatic heterocycles. The number of carbonyl (C=O) groups excluding carboxylic acids is 4. The topological polar surface area (TPSA) is 145 Å². The van der Waals surface area contributed by atoms with Crippen molar-refractivity contribution in [3.63, 3.8) is 0 Å². The minimum absolute atomic E-state index is 0.203. The number of amides is 2. The van der Waals surface area contributed by atoms with Crippen LogP contribution in [0.5, 0.6) is 11.5 Å². The van der Waals surface area contributed by atoms with Gasteiger partial charge >= 0.3 is 0 Å². The van der Waals surface area contributed by atoms with Crippen molar-refractivity contribution in [1.29, 1.82) is 0 Å². The number of hydrogen-bond donors (Lipinski definition) is 2. The molecular weight excluding hydrogens is 705 g/mol. The lowest BCUT2D eigenvalue weighted by Crippen LogP contribution is -2.63. The molecule has 0 aliphatic carbocycles. The number of nitrogens with two attached hydrogens (primary N) is 2. The number of ketones is 2. The molecule has 2 aliphatic heterocycles. The Balaban J connectivity index is 0.000000172. The third-order valence-corrected chi connectivity index (χ3v) is 10.3. The number of methoxy groups -OCH3 is 2. The SMILES string of the molecule is COc1ccc(CN2C(=O)c3ccccc3C(=O)[C@@]2(N)c2ccccc2)cc1.COc1ccc(CN2C(=O)c3ccccc3C(=O)[C@@]2(N)c2ccccc2)cc1. The summed E-state index contributed by atoms with van der Waals surface area (Å²) in [5.41, 5.74) is 14.6. The average Bonchev–Trinajstić information content (AvgIpc) is 3.26. The fraction of sp³-hybridized carbons (Fsp3) is 0.130. The van der Waals surface area contributed by atoms with Crippen LogP contribution in [0.3, 0.4) is 0 Å². The molecule has 10 nitrogen and oxygen atoms in total. The first kappa shape index (κ1) is 37.4. The van der Waals surface area contributed by atoms with Crippen LogP contribution in [0.4, 0.5) is 0 Å². The first-order valence-electron chi connectivity index (χ1n) is 18.0. The van der Waals surface area contributed by atoms with Gasteiger partial charge in [0.15, 0.2) is 11.3 Å². The standard InChI is InChI=1S/2C23H20N2O3/c2*1-28-18-13-11-16(12-14-18)15-25-22(27)20-10-6-5-9-19(20)21(26)23(25,24)17-7-3-2-4-8-17/h2*2-14H,15,24H2,1H3/t2*23-/m11/s1. The Morgan fingerprint density at radius 2 is 0.732 bits per heavy atom. The second kappa shape index (κ2) is 15.5. The minimum atomic E-state index is -1.58. The molecule has 4 N–H and O–H groups in total. The molecule has 0 spiro atoms. The van der Waals surface area contributed by atoms with Gasteiger partial charge in [0.2, 0.25) is 11.6 Å². The van der Waals surface area contributed by atoms with Crippen molar-refractivity contribution in [2.45, 2.75) is 24.4 Å². The molecule has 2 amide bonds. The summed E-state index contributed by atoms with van der Waals surface area (Å²) in [6.07, 6.45) is 0. The highest BCUT2D eigenvalue weighted by molar-refractivity contribution is 6.18. The Labute approximate surface area is 324 Å². The van der Waals surface area contributed by atoms with E-state index in [1.54, 1.807) is 87.0 Å². The number of fused-ring (bicyclic) bond motifs is 2. The highest BCUT2D eigenvalue weighted by Gasteiger charge is 2.51. The predicted molar refractivity (Wildman–Crippen MR) is 212 cm³/mol. The Morgan fingerprint density at radius 1 is 0.429 bits per heavy atom. The fourth-order valence-corrected chi connectivity index (χ4v) is 7.18. The van der Waals surface area contributed by atoms with Crippen molar-refractivity contribution >= 4 is 23.4 Å². The lowest BCUT2D eigenvalue weighted by atomic mass is 9.83. The molecule has 6 aromatic rings. The van der Waals surface area contributed by atoms with Gasteiger partial charge in [0, 0.05) is 35.3 Å². The van der Waals surface area contributed by atoms with Crippen LogP contribution in [0.1, 0.15) is 63.7 Å². The van der Waals surface area contributed by atoms with Gasteiger partial charge in [0.25, 0.3) is 11.8 Å². The molecule has 2 atom stereocenters. The van der Waals surface area contributed by atoms with E-state index >= 15 is 0 Å². The molecule has 10 heteroatoms. The molecule has 280 valence electrons. The summed E-state index contributed by atoms with van der Waals surface area (Å²) in [7, 11) is 3.19. The summed E-state index contributed by atoms with van der Waals surface area (Å²) in [5.74, 6) is 0.328. The lowest BCUT2D eigenvalue weighted by Gasteiger charge is -2.43. The summed E-state index contributed by atoms with van der Waals surface area (Å²) < 4.78 is 10.4. The van der Waals surface area contributed by atoms with Gasteiger partial charge in [-0.3, -0.25) is 30.6 Å². The first-order valence-corrected chi connectivity index (χ1v) is 18.0. The van der Waals surface area contributed by atoms with E-state index in [9.17, 15) is 19.2 Å². The van der Waals surface area contributed by atoms with Crippen molar-refractivity contribution in [2.75, 3.05) is 14.2 Å². The minimum Gasteiger partial charge on any atom is -0.497 e.